The summed E-state index contributed by atoms with van der Waals surface area (Å²) in [6, 6.07) is 0. The van der Waals surface area contributed by atoms with E-state index in [1.54, 1.807) is 0 Å². The molecule has 1 aliphatic rings. The molecule has 1 heterocycles. The number of hydrogen-bond donors (Lipinski definition) is 1. The smallest absolute Gasteiger partial charge is 0.252 e. The second-order valence-electron chi connectivity index (χ2n) is 1.63. The first-order valence-corrected chi connectivity index (χ1v) is 2.62. The average Bonchev–Trinajstić information content (AvgIpc) is 1.94. The molecule has 0 atom stereocenters. The van der Waals surface area contributed by atoms with Crippen LogP contribution in [0.2, 0.25) is 0 Å². The van der Waals surface area contributed by atoms with Crippen molar-refractivity contribution >= 4 is 5.91 Å². The highest BCUT2D eigenvalue weighted by Gasteiger charge is 2.04. The van der Waals surface area contributed by atoms with Crippen molar-refractivity contribution in [1.29, 1.82) is 0 Å². The second-order valence-corrected chi connectivity index (χ2v) is 1.63. The molecule has 8 heavy (non-hydrogen) atoms. The Bertz CT molecular complexity index is 82.4. The maximum absolute atomic E-state index is 10.4. The van der Waals surface area contributed by atoms with Gasteiger partial charge in [-0.25, -0.2) is 0 Å². The monoisotopic (exact) mass is 114 g/mol. The van der Waals surface area contributed by atoms with Crippen molar-refractivity contribution in [2.45, 2.75) is 6.42 Å². The molecule has 45 valence electrons. The first kappa shape index (κ1) is 5.56. The Labute approximate surface area is 48.0 Å². The molecule has 3 nitrogen and oxygen atoms in total. The molecule has 0 aromatic heterocycles. The predicted octanol–water partition coefficient (Wildman–Crippen LogP) is -0.315. The third-order valence-corrected chi connectivity index (χ3v) is 0.929. The molecule has 0 saturated carbocycles. The zero-order valence-corrected chi connectivity index (χ0v) is 4.52. The number of rotatable bonds is 0. The summed E-state index contributed by atoms with van der Waals surface area (Å²) in [7, 11) is 0. The number of hydrogen-bond acceptors (Lipinski definition) is 2. The van der Waals surface area contributed by atoms with Crippen LogP contribution < -0.4 is 5.32 Å². The number of carbonyl (C=O) groups excluding carboxylic acids is 1. The molecule has 1 rings (SSSR count). The summed E-state index contributed by atoms with van der Waals surface area (Å²) in [6.07, 6.45) is 0.905. The molecule has 3 heteroatoms. The molecule has 1 N–H and O–H groups in total. The van der Waals surface area contributed by atoms with Gasteiger partial charge in [0.2, 0.25) is 0 Å². The Hall–Kier alpha value is -0.570. The molecular formula is C5H8NO2. The summed E-state index contributed by atoms with van der Waals surface area (Å²) in [5.41, 5.74) is 0. The third kappa shape index (κ3) is 1.50. The van der Waals surface area contributed by atoms with E-state index in [4.69, 9.17) is 4.74 Å². The van der Waals surface area contributed by atoms with Gasteiger partial charge in [0.25, 0.3) is 5.91 Å². The minimum atomic E-state index is -0.123. The van der Waals surface area contributed by atoms with Crippen molar-refractivity contribution in [3.63, 3.8) is 0 Å². The van der Waals surface area contributed by atoms with Crippen LogP contribution in [0.1, 0.15) is 6.42 Å². The van der Waals surface area contributed by atoms with Gasteiger partial charge in [-0.3, -0.25) is 4.79 Å². The zero-order chi connectivity index (χ0) is 5.82. The molecule has 1 radical (unpaired) electrons. The highest BCUT2D eigenvalue weighted by atomic mass is 16.5. The first-order valence-electron chi connectivity index (χ1n) is 2.62. The van der Waals surface area contributed by atoms with E-state index in [2.05, 4.69) is 5.32 Å². The maximum Gasteiger partial charge on any atom is 0.252 e. The van der Waals surface area contributed by atoms with Crippen molar-refractivity contribution in [2.24, 2.45) is 0 Å². The SMILES string of the molecule is O=C1[CH]OCCCN1. The fourth-order valence-electron chi connectivity index (χ4n) is 0.543. The molecule has 1 fully saturated rings. The van der Waals surface area contributed by atoms with Crippen LogP contribution in [-0.4, -0.2) is 19.1 Å². The van der Waals surface area contributed by atoms with Gasteiger partial charge in [-0.2, -0.15) is 0 Å². The van der Waals surface area contributed by atoms with E-state index in [-0.39, 0.29) is 5.91 Å². The molecule has 0 bridgehead atoms. The fourth-order valence-corrected chi connectivity index (χ4v) is 0.543. The summed E-state index contributed by atoms with van der Waals surface area (Å²) in [4.78, 5) is 10.4. The van der Waals surface area contributed by atoms with Crippen molar-refractivity contribution in [3.05, 3.63) is 6.61 Å². The highest BCUT2D eigenvalue weighted by molar-refractivity contribution is 5.83. The minimum Gasteiger partial charge on any atom is -0.365 e. The van der Waals surface area contributed by atoms with E-state index >= 15 is 0 Å². The van der Waals surface area contributed by atoms with Gasteiger partial charge < -0.3 is 10.1 Å². The topological polar surface area (TPSA) is 38.3 Å². The van der Waals surface area contributed by atoms with E-state index < -0.39 is 0 Å². The van der Waals surface area contributed by atoms with E-state index in [1.165, 1.54) is 6.61 Å². The fraction of sp³-hybridized carbons (Fsp3) is 0.600. The molecule has 0 aromatic carbocycles. The van der Waals surface area contributed by atoms with E-state index in [1.807, 2.05) is 0 Å². The predicted molar refractivity (Wildman–Crippen MR) is 27.9 cm³/mol. The van der Waals surface area contributed by atoms with Crippen molar-refractivity contribution in [3.8, 4) is 0 Å². The number of carbonyl (C=O) groups is 1. The summed E-state index contributed by atoms with van der Waals surface area (Å²) >= 11 is 0. The minimum absolute atomic E-state index is 0.123. The molecular weight excluding hydrogens is 106 g/mol. The molecule has 0 aromatic rings. The Kier molecular flexibility index (Phi) is 1.86. The van der Waals surface area contributed by atoms with Crippen molar-refractivity contribution in [2.75, 3.05) is 13.2 Å². The van der Waals surface area contributed by atoms with Gasteiger partial charge in [0, 0.05) is 13.2 Å². The number of amides is 1. The van der Waals surface area contributed by atoms with Crippen LogP contribution in [0.5, 0.6) is 0 Å². The number of ether oxygens (including phenoxy) is 1. The van der Waals surface area contributed by atoms with Crippen LogP contribution in [0.3, 0.4) is 0 Å². The van der Waals surface area contributed by atoms with Gasteiger partial charge in [-0.15, -0.1) is 0 Å². The van der Waals surface area contributed by atoms with E-state index in [9.17, 15) is 4.79 Å². The van der Waals surface area contributed by atoms with Crippen LogP contribution in [0.4, 0.5) is 0 Å². The standard InChI is InChI=1S/C5H8NO2/c7-5-4-8-3-1-2-6-5/h4H,1-3H2,(H,6,7). The van der Waals surface area contributed by atoms with Crippen LogP contribution in [0.15, 0.2) is 0 Å². The Balaban J connectivity index is 2.27. The quantitative estimate of drug-likeness (QED) is 0.469. The van der Waals surface area contributed by atoms with E-state index in [0.717, 1.165) is 13.0 Å². The molecule has 1 saturated heterocycles. The largest absolute Gasteiger partial charge is 0.365 e. The third-order valence-electron chi connectivity index (χ3n) is 0.929. The molecule has 0 spiro atoms. The van der Waals surface area contributed by atoms with Gasteiger partial charge in [0.1, 0.15) is 0 Å². The van der Waals surface area contributed by atoms with Gasteiger partial charge in [0.05, 0.1) is 0 Å². The average molecular weight is 114 g/mol. The van der Waals surface area contributed by atoms with Crippen LogP contribution in [-0.2, 0) is 9.53 Å². The van der Waals surface area contributed by atoms with E-state index in [0.29, 0.717) is 6.61 Å². The summed E-state index contributed by atoms with van der Waals surface area (Å²) in [5.74, 6) is -0.123. The van der Waals surface area contributed by atoms with Crippen LogP contribution in [0.25, 0.3) is 0 Å². The molecule has 1 aliphatic heterocycles. The number of nitrogens with one attached hydrogen (secondary N) is 1. The lowest BCUT2D eigenvalue weighted by atomic mass is 10.5. The second kappa shape index (κ2) is 2.67. The zero-order valence-electron chi connectivity index (χ0n) is 4.52. The Morgan fingerprint density at radius 2 is 2.62 bits per heavy atom. The summed E-state index contributed by atoms with van der Waals surface area (Å²) < 4.78 is 4.77. The lowest BCUT2D eigenvalue weighted by Gasteiger charge is -1.92. The first-order chi connectivity index (χ1) is 3.89. The lowest BCUT2D eigenvalue weighted by Crippen LogP contribution is -2.21. The van der Waals surface area contributed by atoms with Gasteiger partial charge in [-0.05, 0) is 6.42 Å². The van der Waals surface area contributed by atoms with Crippen molar-refractivity contribution < 1.29 is 9.53 Å². The van der Waals surface area contributed by atoms with Gasteiger partial charge in [-0.1, -0.05) is 0 Å². The maximum atomic E-state index is 10.4. The van der Waals surface area contributed by atoms with Gasteiger partial charge >= 0.3 is 0 Å². The van der Waals surface area contributed by atoms with Crippen molar-refractivity contribution in [1.82, 2.24) is 5.32 Å². The van der Waals surface area contributed by atoms with Crippen LogP contribution in [0, 0.1) is 6.61 Å². The molecule has 1 amide bonds. The highest BCUT2D eigenvalue weighted by Crippen LogP contribution is 1.90. The Morgan fingerprint density at radius 1 is 1.75 bits per heavy atom. The Morgan fingerprint density at radius 3 is 3.50 bits per heavy atom. The summed E-state index contributed by atoms with van der Waals surface area (Å²) in [5, 5.41) is 2.62. The summed E-state index contributed by atoms with van der Waals surface area (Å²) in [6.45, 7) is 2.60. The molecule has 0 aliphatic carbocycles. The normalized spacial score (nSPS) is 21.8. The van der Waals surface area contributed by atoms with Crippen LogP contribution >= 0.6 is 0 Å². The van der Waals surface area contributed by atoms with Gasteiger partial charge in [0.15, 0.2) is 6.61 Å². The molecule has 0 unspecified atom stereocenters. The lowest BCUT2D eigenvalue weighted by molar-refractivity contribution is -0.120.